The van der Waals surface area contributed by atoms with E-state index >= 15 is 0 Å². The zero-order valence-corrected chi connectivity index (χ0v) is 19.1. The summed E-state index contributed by atoms with van der Waals surface area (Å²) in [5.74, 6) is 0.588. The predicted molar refractivity (Wildman–Crippen MR) is 121 cm³/mol. The molecule has 5 rings (SSSR count). The van der Waals surface area contributed by atoms with E-state index in [4.69, 9.17) is 16.5 Å². The number of nitrogen functional groups attached to an aromatic ring is 1. The summed E-state index contributed by atoms with van der Waals surface area (Å²) in [7, 11) is 0. The Labute approximate surface area is 193 Å². The number of hydrogen-bond acceptors (Lipinski definition) is 7. The largest absolute Gasteiger partial charge is 0.434 e. The fourth-order valence-electron chi connectivity index (χ4n) is 5.19. The Hall–Kier alpha value is -2.53. The van der Waals surface area contributed by atoms with Gasteiger partial charge in [-0.05, 0) is 50.2 Å². The number of imidazole rings is 1. The number of halogens is 3. The van der Waals surface area contributed by atoms with Gasteiger partial charge in [-0.3, -0.25) is 4.40 Å². The maximum absolute atomic E-state index is 13.6. The molecule has 0 aromatic carbocycles. The monoisotopic (exact) mass is 477 g/mol. The van der Waals surface area contributed by atoms with E-state index in [-0.39, 0.29) is 22.2 Å². The van der Waals surface area contributed by atoms with Crippen LogP contribution in [0.15, 0.2) is 34.3 Å². The van der Waals surface area contributed by atoms with Gasteiger partial charge in [0.15, 0.2) is 11.3 Å². The van der Waals surface area contributed by atoms with Crippen molar-refractivity contribution in [2.24, 2.45) is 11.1 Å². The van der Waals surface area contributed by atoms with Gasteiger partial charge in [0.1, 0.15) is 5.82 Å². The lowest BCUT2D eigenvalue weighted by molar-refractivity contribution is -0.143. The third kappa shape index (κ3) is 3.90. The Morgan fingerprint density at radius 2 is 1.91 bits per heavy atom. The highest BCUT2D eigenvalue weighted by Crippen LogP contribution is 2.46. The number of nitrogens with zero attached hydrogens (tertiary/aromatic N) is 5. The molecule has 2 fully saturated rings. The van der Waals surface area contributed by atoms with Crippen molar-refractivity contribution in [3.8, 4) is 0 Å². The lowest BCUT2D eigenvalue weighted by Gasteiger charge is -2.42. The summed E-state index contributed by atoms with van der Waals surface area (Å²) < 4.78 is 42.5. The van der Waals surface area contributed by atoms with Gasteiger partial charge in [0.05, 0.1) is 10.6 Å². The molecule has 4 N–H and O–H groups in total. The van der Waals surface area contributed by atoms with Gasteiger partial charge >= 0.3 is 6.18 Å². The fourth-order valence-corrected chi connectivity index (χ4v) is 6.24. The van der Waals surface area contributed by atoms with E-state index in [1.807, 2.05) is 4.40 Å². The first-order chi connectivity index (χ1) is 15.7. The standard InChI is InChI=1S/C22H26F3N7S/c1-13-17(33-14-4-5-16(27)30-18(14)22(23,24)25)19-28-9-12-32(19)20(29-13)31-10-7-21(8-11-31)6-2-3-15(21)26/h4-5,9,12,15H,2-3,6-8,10-11,26H2,1H3,(H2,27,30)/t15-/m1/s1. The topological polar surface area (TPSA) is 98.4 Å². The summed E-state index contributed by atoms with van der Waals surface area (Å²) in [5.41, 5.74) is 12.4. The summed E-state index contributed by atoms with van der Waals surface area (Å²) in [5, 5.41) is 0. The molecule has 1 saturated carbocycles. The normalized spacial score (nSPS) is 20.8. The molecule has 2 aliphatic rings. The Balaban J connectivity index is 1.48. The summed E-state index contributed by atoms with van der Waals surface area (Å²) in [6.07, 6.45) is 4.34. The number of aryl methyl sites for hydroxylation is 1. The van der Waals surface area contributed by atoms with Gasteiger partial charge in [-0.2, -0.15) is 13.2 Å². The van der Waals surface area contributed by atoms with Crippen molar-refractivity contribution < 1.29 is 13.2 Å². The minimum absolute atomic E-state index is 0.0330. The second-order valence-corrected chi connectivity index (χ2v) is 10.0. The molecule has 33 heavy (non-hydrogen) atoms. The first kappa shape index (κ1) is 22.3. The molecule has 1 saturated heterocycles. The van der Waals surface area contributed by atoms with E-state index in [9.17, 15) is 13.2 Å². The minimum atomic E-state index is -4.62. The third-order valence-corrected chi connectivity index (χ3v) is 8.27. The van der Waals surface area contributed by atoms with Crippen molar-refractivity contribution in [1.82, 2.24) is 19.4 Å². The molecule has 0 radical (unpaired) electrons. The number of aromatic nitrogens is 4. The number of rotatable bonds is 3. The van der Waals surface area contributed by atoms with Crippen LogP contribution < -0.4 is 16.4 Å². The molecule has 11 heteroatoms. The van der Waals surface area contributed by atoms with Gasteiger partial charge in [-0.1, -0.05) is 18.2 Å². The minimum Gasteiger partial charge on any atom is -0.384 e. The summed E-state index contributed by atoms with van der Waals surface area (Å²) in [6.45, 7) is 3.50. The molecule has 1 aliphatic carbocycles. The van der Waals surface area contributed by atoms with Crippen molar-refractivity contribution in [3.63, 3.8) is 0 Å². The summed E-state index contributed by atoms with van der Waals surface area (Å²) in [4.78, 5) is 15.6. The number of hydrogen-bond donors (Lipinski definition) is 2. The van der Waals surface area contributed by atoms with Crippen LogP contribution in [0.5, 0.6) is 0 Å². The Bertz CT molecular complexity index is 1180. The van der Waals surface area contributed by atoms with Crippen LogP contribution in [0, 0.1) is 12.3 Å². The molecule has 1 aliphatic heterocycles. The van der Waals surface area contributed by atoms with Crippen LogP contribution in [0.25, 0.3) is 5.65 Å². The first-order valence-corrected chi connectivity index (χ1v) is 11.9. The molecular formula is C22H26F3N7S. The van der Waals surface area contributed by atoms with Gasteiger partial charge in [0, 0.05) is 36.4 Å². The van der Waals surface area contributed by atoms with Crippen LogP contribution in [-0.4, -0.2) is 38.5 Å². The number of pyridine rings is 1. The van der Waals surface area contributed by atoms with E-state index < -0.39 is 11.9 Å². The molecule has 4 heterocycles. The zero-order chi connectivity index (χ0) is 23.4. The van der Waals surface area contributed by atoms with E-state index in [0.717, 1.165) is 50.1 Å². The molecule has 0 unspecified atom stereocenters. The van der Waals surface area contributed by atoms with Crippen LogP contribution in [0.4, 0.5) is 24.9 Å². The smallest absolute Gasteiger partial charge is 0.384 e. The van der Waals surface area contributed by atoms with E-state index in [0.29, 0.717) is 16.2 Å². The third-order valence-electron chi connectivity index (χ3n) is 7.03. The van der Waals surface area contributed by atoms with E-state index in [2.05, 4.69) is 14.9 Å². The molecule has 0 amide bonds. The van der Waals surface area contributed by atoms with Crippen LogP contribution in [0.1, 0.15) is 43.5 Å². The van der Waals surface area contributed by atoms with Crippen LogP contribution >= 0.6 is 11.8 Å². The van der Waals surface area contributed by atoms with Crippen molar-refractivity contribution >= 4 is 29.2 Å². The number of fused-ring (bicyclic) bond motifs is 1. The zero-order valence-electron chi connectivity index (χ0n) is 18.3. The maximum atomic E-state index is 13.6. The Morgan fingerprint density at radius 3 is 2.58 bits per heavy atom. The molecule has 176 valence electrons. The van der Waals surface area contributed by atoms with Crippen LogP contribution in [-0.2, 0) is 6.18 Å². The van der Waals surface area contributed by atoms with E-state index in [1.165, 1.54) is 25.0 Å². The molecule has 3 aromatic heterocycles. The molecular weight excluding hydrogens is 451 g/mol. The van der Waals surface area contributed by atoms with Crippen LogP contribution in [0.3, 0.4) is 0 Å². The number of alkyl halides is 3. The highest BCUT2D eigenvalue weighted by Gasteiger charge is 2.43. The van der Waals surface area contributed by atoms with E-state index in [1.54, 1.807) is 19.3 Å². The van der Waals surface area contributed by atoms with Crippen molar-refractivity contribution in [2.75, 3.05) is 23.7 Å². The van der Waals surface area contributed by atoms with Crippen LogP contribution in [0.2, 0.25) is 0 Å². The number of anilines is 2. The van der Waals surface area contributed by atoms with Gasteiger partial charge in [-0.15, -0.1) is 0 Å². The van der Waals surface area contributed by atoms with Gasteiger partial charge < -0.3 is 16.4 Å². The Morgan fingerprint density at radius 1 is 1.15 bits per heavy atom. The molecule has 3 aromatic rings. The number of piperidine rings is 1. The number of nitrogens with two attached hydrogens (primary N) is 2. The van der Waals surface area contributed by atoms with Gasteiger partial charge in [-0.25, -0.2) is 15.0 Å². The maximum Gasteiger partial charge on any atom is 0.434 e. The fraction of sp³-hybridized carbons (Fsp3) is 0.500. The molecule has 1 spiro atoms. The SMILES string of the molecule is Cc1nc(N2CCC3(CCC[C@H]3N)CC2)n2ccnc2c1Sc1ccc(N)nc1C(F)(F)F. The Kier molecular flexibility index (Phi) is 5.43. The average molecular weight is 478 g/mol. The molecule has 0 bridgehead atoms. The second-order valence-electron chi connectivity index (χ2n) is 8.98. The average Bonchev–Trinajstić information content (AvgIpc) is 3.38. The van der Waals surface area contributed by atoms with Crippen molar-refractivity contribution in [2.45, 2.75) is 61.0 Å². The highest BCUT2D eigenvalue weighted by molar-refractivity contribution is 7.99. The first-order valence-electron chi connectivity index (χ1n) is 11.0. The molecule has 1 atom stereocenters. The molecule has 7 nitrogen and oxygen atoms in total. The second kappa shape index (κ2) is 8.05. The van der Waals surface area contributed by atoms with Crippen molar-refractivity contribution in [3.05, 3.63) is 35.9 Å². The highest BCUT2D eigenvalue weighted by atomic mass is 32.2. The quantitative estimate of drug-likeness (QED) is 0.581. The predicted octanol–water partition coefficient (Wildman–Crippen LogP) is 4.28. The van der Waals surface area contributed by atoms with Crippen molar-refractivity contribution in [1.29, 1.82) is 0 Å². The summed E-state index contributed by atoms with van der Waals surface area (Å²) >= 11 is 0.963. The lowest BCUT2D eigenvalue weighted by atomic mass is 9.74. The summed E-state index contributed by atoms with van der Waals surface area (Å²) in [6, 6.07) is 2.98. The van der Waals surface area contributed by atoms with Gasteiger partial charge in [0.2, 0.25) is 5.95 Å². The lowest BCUT2D eigenvalue weighted by Crippen LogP contribution is -2.47. The van der Waals surface area contributed by atoms with Gasteiger partial charge in [0.25, 0.3) is 0 Å².